The fourth-order valence-electron chi connectivity index (χ4n) is 1.33. The van der Waals surface area contributed by atoms with Crippen molar-refractivity contribution in [1.82, 2.24) is 0 Å². The molecule has 0 radical (unpaired) electrons. The Balaban J connectivity index is 2.97. The second-order valence-corrected chi connectivity index (χ2v) is 6.23. The van der Waals surface area contributed by atoms with E-state index in [-0.39, 0.29) is 0 Å². The van der Waals surface area contributed by atoms with Crippen LogP contribution >= 0.6 is 11.6 Å². The van der Waals surface area contributed by atoms with E-state index >= 15 is 0 Å². The highest BCUT2D eigenvalue weighted by Gasteiger charge is 2.23. The van der Waals surface area contributed by atoms with Gasteiger partial charge in [-0.05, 0) is 17.7 Å². The van der Waals surface area contributed by atoms with Crippen molar-refractivity contribution in [3.8, 4) is 6.07 Å². The number of nitriles is 1. The molecule has 0 bridgehead atoms. The first-order valence-electron chi connectivity index (χ1n) is 4.69. The van der Waals surface area contributed by atoms with E-state index < -0.39 is 27.3 Å². The zero-order valence-corrected chi connectivity index (χ0v) is 10.6. The molecule has 17 heavy (non-hydrogen) atoms. The summed E-state index contributed by atoms with van der Waals surface area (Å²) in [5.74, 6) is -2.33. The van der Waals surface area contributed by atoms with Crippen LogP contribution in [-0.2, 0) is 14.6 Å². The van der Waals surface area contributed by atoms with Crippen molar-refractivity contribution in [2.24, 2.45) is 0 Å². The Morgan fingerprint density at radius 1 is 1.41 bits per heavy atom. The molecular weight excluding hydrogens is 262 g/mol. The Hall–Kier alpha value is -1.38. The molecule has 0 aromatic heterocycles. The van der Waals surface area contributed by atoms with Crippen molar-refractivity contribution in [3.63, 3.8) is 0 Å². The van der Waals surface area contributed by atoms with E-state index in [2.05, 4.69) is 0 Å². The molecule has 0 N–H and O–H groups in total. The number of benzene rings is 1. The van der Waals surface area contributed by atoms with E-state index in [0.29, 0.717) is 10.6 Å². The van der Waals surface area contributed by atoms with E-state index in [4.69, 9.17) is 16.9 Å². The zero-order valence-electron chi connectivity index (χ0n) is 9.05. The third-order valence-corrected chi connectivity index (χ3v) is 3.12. The molecule has 0 fully saturated rings. The lowest BCUT2D eigenvalue weighted by molar-refractivity contribution is -0.116. The highest BCUT2D eigenvalue weighted by Crippen LogP contribution is 2.19. The standard InChI is InChI=1S/C11H10ClNO3S/c1-17(15,16)7-11(14)10(6-13)8-2-4-9(12)5-3-8/h2-5,10H,7H2,1H3. The molecule has 4 nitrogen and oxygen atoms in total. The second-order valence-electron chi connectivity index (χ2n) is 3.65. The largest absolute Gasteiger partial charge is 0.297 e. The fraction of sp³-hybridized carbons (Fsp3) is 0.273. The minimum atomic E-state index is -3.42. The summed E-state index contributed by atoms with van der Waals surface area (Å²) in [6.07, 6.45) is 0.960. The first-order chi connectivity index (χ1) is 7.83. The Labute approximate surface area is 105 Å². The van der Waals surface area contributed by atoms with Crippen LogP contribution < -0.4 is 0 Å². The van der Waals surface area contributed by atoms with Gasteiger partial charge in [-0.1, -0.05) is 23.7 Å². The second kappa shape index (κ2) is 5.30. The number of hydrogen-bond acceptors (Lipinski definition) is 4. The number of sulfone groups is 1. The molecular formula is C11H10ClNO3S. The SMILES string of the molecule is CS(=O)(=O)CC(=O)C(C#N)c1ccc(Cl)cc1. The molecule has 6 heteroatoms. The molecule has 1 unspecified atom stereocenters. The average molecular weight is 272 g/mol. The lowest BCUT2D eigenvalue weighted by atomic mass is 9.97. The molecule has 0 amide bonds. The molecule has 0 saturated heterocycles. The van der Waals surface area contributed by atoms with Gasteiger partial charge in [-0.15, -0.1) is 0 Å². The van der Waals surface area contributed by atoms with E-state index in [0.717, 1.165) is 6.26 Å². The van der Waals surface area contributed by atoms with Gasteiger partial charge in [0, 0.05) is 11.3 Å². The third-order valence-electron chi connectivity index (χ3n) is 2.06. The summed E-state index contributed by atoms with van der Waals surface area (Å²) in [5, 5.41) is 9.40. The van der Waals surface area contributed by atoms with Crippen LogP contribution in [0.3, 0.4) is 0 Å². The lowest BCUT2D eigenvalue weighted by Crippen LogP contribution is -2.20. The van der Waals surface area contributed by atoms with Gasteiger partial charge in [0.25, 0.3) is 0 Å². The van der Waals surface area contributed by atoms with Gasteiger partial charge in [-0.3, -0.25) is 4.79 Å². The minimum Gasteiger partial charge on any atom is -0.297 e. The summed E-state index contributed by atoms with van der Waals surface area (Å²) in [5.41, 5.74) is 0.450. The Morgan fingerprint density at radius 2 is 1.94 bits per heavy atom. The molecule has 0 heterocycles. The normalized spacial score (nSPS) is 12.8. The Bertz CT molecular complexity index is 557. The van der Waals surface area contributed by atoms with Gasteiger partial charge in [-0.25, -0.2) is 8.42 Å². The van der Waals surface area contributed by atoms with Crippen molar-refractivity contribution in [3.05, 3.63) is 34.9 Å². The monoisotopic (exact) mass is 271 g/mol. The van der Waals surface area contributed by atoms with Crippen molar-refractivity contribution >= 4 is 27.2 Å². The van der Waals surface area contributed by atoms with Gasteiger partial charge in [0.1, 0.15) is 11.7 Å². The molecule has 1 aromatic rings. The number of Topliss-reactive ketones (excluding diaryl/α,β-unsaturated/α-hetero) is 1. The summed E-state index contributed by atoms with van der Waals surface area (Å²) >= 11 is 5.68. The van der Waals surface area contributed by atoms with Crippen LogP contribution in [-0.4, -0.2) is 26.2 Å². The summed E-state index contributed by atoms with van der Waals surface area (Å²) in [6, 6.07) is 7.98. The predicted octanol–water partition coefficient (Wildman–Crippen LogP) is 1.56. The Kier molecular flexibility index (Phi) is 4.27. The van der Waals surface area contributed by atoms with Crippen LogP contribution in [0.1, 0.15) is 11.5 Å². The first-order valence-corrected chi connectivity index (χ1v) is 7.13. The molecule has 1 rings (SSSR count). The van der Waals surface area contributed by atoms with Crippen LogP contribution in [0.15, 0.2) is 24.3 Å². The molecule has 1 aromatic carbocycles. The maximum absolute atomic E-state index is 11.6. The van der Waals surface area contributed by atoms with E-state index in [1.54, 1.807) is 18.2 Å². The third kappa shape index (κ3) is 4.17. The lowest BCUT2D eigenvalue weighted by Gasteiger charge is -2.07. The van der Waals surface area contributed by atoms with Crippen LogP contribution in [0.2, 0.25) is 5.02 Å². The summed E-state index contributed by atoms with van der Waals surface area (Å²) in [7, 11) is -3.42. The van der Waals surface area contributed by atoms with E-state index in [1.807, 2.05) is 0 Å². The molecule has 0 aliphatic carbocycles. The first kappa shape index (κ1) is 13.7. The number of ketones is 1. The zero-order chi connectivity index (χ0) is 13.1. The number of hydrogen-bond donors (Lipinski definition) is 0. The van der Waals surface area contributed by atoms with E-state index in [1.165, 1.54) is 12.1 Å². The van der Waals surface area contributed by atoms with Gasteiger partial charge in [0.15, 0.2) is 15.6 Å². The fourth-order valence-corrected chi connectivity index (χ4v) is 2.14. The van der Waals surface area contributed by atoms with Crippen molar-refractivity contribution in [2.45, 2.75) is 5.92 Å². The van der Waals surface area contributed by atoms with Crippen molar-refractivity contribution in [2.75, 3.05) is 12.0 Å². The topological polar surface area (TPSA) is 75.0 Å². The number of carbonyl (C=O) groups is 1. The maximum atomic E-state index is 11.6. The maximum Gasteiger partial charge on any atom is 0.169 e. The molecule has 1 atom stereocenters. The molecule has 90 valence electrons. The van der Waals surface area contributed by atoms with Crippen molar-refractivity contribution in [1.29, 1.82) is 5.26 Å². The van der Waals surface area contributed by atoms with Crippen LogP contribution in [0.25, 0.3) is 0 Å². The highest BCUT2D eigenvalue weighted by molar-refractivity contribution is 7.91. The van der Waals surface area contributed by atoms with E-state index in [9.17, 15) is 13.2 Å². The van der Waals surface area contributed by atoms with Gasteiger partial charge in [0.2, 0.25) is 0 Å². The smallest absolute Gasteiger partial charge is 0.169 e. The Morgan fingerprint density at radius 3 is 2.35 bits per heavy atom. The number of halogens is 1. The molecule has 0 aliphatic rings. The highest BCUT2D eigenvalue weighted by atomic mass is 35.5. The number of nitrogens with zero attached hydrogens (tertiary/aromatic N) is 1. The predicted molar refractivity (Wildman–Crippen MR) is 64.5 cm³/mol. The summed E-state index contributed by atoms with van der Waals surface area (Å²) in [6.45, 7) is 0. The molecule has 0 aliphatic heterocycles. The minimum absolute atomic E-state index is 0.450. The summed E-state index contributed by atoms with van der Waals surface area (Å²) in [4.78, 5) is 11.6. The van der Waals surface area contributed by atoms with Crippen molar-refractivity contribution < 1.29 is 13.2 Å². The summed E-state index contributed by atoms with van der Waals surface area (Å²) < 4.78 is 22.0. The quantitative estimate of drug-likeness (QED) is 0.833. The van der Waals surface area contributed by atoms with Crippen LogP contribution in [0.4, 0.5) is 0 Å². The van der Waals surface area contributed by atoms with Gasteiger partial charge in [0.05, 0.1) is 6.07 Å². The molecule has 0 spiro atoms. The molecule has 0 saturated carbocycles. The van der Waals surface area contributed by atoms with Crippen LogP contribution in [0, 0.1) is 11.3 Å². The van der Waals surface area contributed by atoms with Gasteiger partial charge < -0.3 is 0 Å². The average Bonchev–Trinajstić information content (AvgIpc) is 2.19. The number of carbonyl (C=O) groups excluding carboxylic acids is 1. The number of rotatable bonds is 4. The van der Waals surface area contributed by atoms with Gasteiger partial charge in [-0.2, -0.15) is 5.26 Å². The van der Waals surface area contributed by atoms with Gasteiger partial charge >= 0.3 is 0 Å². The van der Waals surface area contributed by atoms with Crippen LogP contribution in [0.5, 0.6) is 0 Å².